The van der Waals surface area contributed by atoms with Crippen LogP contribution in [0.25, 0.3) is 0 Å². The van der Waals surface area contributed by atoms with E-state index in [2.05, 4.69) is 5.32 Å². The predicted molar refractivity (Wildman–Crippen MR) is 84.9 cm³/mol. The second-order valence-electron chi connectivity index (χ2n) is 6.01. The number of hydrogen-bond acceptors (Lipinski definition) is 7. The third kappa shape index (κ3) is 4.24. The van der Waals surface area contributed by atoms with Crippen molar-refractivity contribution in [3.05, 3.63) is 37.9 Å². The second-order valence-corrected chi connectivity index (χ2v) is 6.01. The van der Waals surface area contributed by atoms with Gasteiger partial charge in [0, 0.05) is 31.9 Å². The molecule has 0 aliphatic carbocycles. The molecule has 3 N–H and O–H groups in total. The first-order valence-electron chi connectivity index (χ1n) is 7.63. The Balaban J connectivity index is 2.49. The predicted octanol–water partition coefficient (Wildman–Crippen LogP) is 2.22. The van der Waals surface area contributed by atoms with Crippen LogP contribution in [0.3, 0.4) is 0 Å². The van der Waals surface area contributed by atoms with E-state index in [1.165, 1.54) is 0 Å². The summed E-state index contributed by atoms with van der Waals surface area (Å²) in [5, 5.41) is 24.8. The van der Waals surface area contributed by atoms with Gasteiger partial charge in [0.2, 0.25) is 5.91 Å². The maximum atomic E-state index is 12.9. The molecule has 1 aromatic rings. The highest BCUT2D eigenvalue weighted by Gasteiger charge is 2.41. The summed E-state index contributed by atoms with van der Waals surface area (Å²) in [6, 6.07) is 0.409. The van der Waals surface area contributed by atoms with Crippen LogP contribution in [-0.2, 0) is 15.7 Å². The lowest BCUT2D eigenvalue weighted by atomic mass is 9.79. The Morgan fingerprint density at radius 2 is 1.67 bits per heavy atom. The van der Waals surface area contributed by atoms with Crippen molar-refractivity contribution >= 4 is 23.0 Å². The van der Waals surface area contributed by atoms with Gasteiger partial charge in [-0.15, -0.1) is 0 Å². The van der Waals surface area contributed by atoms with Gasteiger partial charge in [-0.05, 0) is 12.8 Å². The SMILES string of the molecule is NC(=O)C1(CNc2c([N+](=O)[O-])cc(C(F)(F)F)cc2[N+](=O)[O-])CCOCC1. The standard InChI is InChI=1S/C14H15F3N4O6/c15-14(16,17)8-5-9(20(23)24)11(10(6-8)21(25)26)19-7-13(12(18)22)1-3-27-4-2-13/h5-6,19H,1-4,7H2,(H2,18,22). The maximum Gasteiger partial charge on any atom is 0.416 e. The fourth-order valence-corrected chi connectivity index (χ4v) is 2.77. The van der Waals surface area contributed by atoms with Crippen LogP contribution in [0.2, 0.25) is 0 Å². The van der Waals surface area contributed by atoms with Gasteiger partial charge in [-0.1, -0.05) is 0 Å². The summed E-state index contributed by atoms with van der Waals surface area (Å²) >= 11 is 0. The lowest BCUT2D eigenvalue weighted by Gasteiger charge is -2.34. The molecule has 0 spiro atoms. The van der Waals surface area contributed by atoms with Crippen molar-refractivity contribution in [2.24, 2.45) is 11.1 Å². The smallest absolute Gasteiger partial charge is 0.381 e. The number of nitro benzene ring substituents is 2. The molecule has 1 fully saturated rings. The first-order chi connectivity index (χ1) is 12.5. The maximum absolute atomic E-state index is 12.9. The van der Waals surface area contributed by atoms with Crippen LogP contribution < -0.4 is 11.1 Å². The van der Waals surface area contributed by atoms with E-state index in [0.717, 1.165) is 0 Å². The number of nitro groups is 2. The summed E-state index contributed by atoms with van der Waals surface area (Å²) in [6.45, 7) is 0.0440. The minimum absolute atomic E-state index is 0.164. The zero-order chi connectivity index (χ0) is 20.4. The van der Waals surface area contributed by atoms with E-state index in [0.29, 0.717) is 0 Å². The normalized spacial score (nSPS) is 16.6. The zero-order valence-corrected chi connectivity index (χ0v) is 13.7. The third-order valence-electron chi connectivity index (χ3n) is 4.39. The molecule has 148 valence electrons. The number of hydrogen-bond donors (Lipinski definition) is 2. The number of alkyl halides is 3. The molecule has 1 aliphatic rings. The molecule has 0 aromatic heterocycles. The monoisotopic (exact) mass is 392 g/mol. The first kappa shape index (κ1) is 20.4. The van der Waals surface area contributed by atoms with E-state index in [1.807, 2.05) is 0 Å². The molecule has 10 nitrogen and oxygen atoms in total. The van der Waals surface area contributed by atoms with E-state index in [9.17, 15) is 38.2 Å². The van der Waals surface area contributed by atoms with E-state index < -0.39 is 50.0 Å². The number of rotatable bonds is 6. The second kappa shape index (κ2) is 7.34. The minimum Gasteiger partial charge on any atom is -0.381 e. The number of anilines is 1. The Kier molecular flexibility index (Phi) is 5.54. The van der Waals surface area contributed by atoms with E-state index in [1.54, 1.807) is 0 Å². The van der Waals surface area contributed by atoms with Crippen LogP contribution in [0.5, 0.6) is 0 Å². The quantitative estimate of drug-likeness (QED) is 0.556. The lowest BCUT2D eigenvalue weighted by molar-refractivity contribution is -0.392. The van der Waals surface area contributed by atoms with Crippen LogP contribution in [-0.4, -0.2) is 35.5 Å². The van der Waals surface area contributed by atoms with Crippen molar-refractivity contribution < 1.29 is 32.5 Å². The van der Waals surface area contributed by atoms with Gasteiger partial charge in [0.15, 0.2) is 5.69 Å². The van der Waals surface area contributed by atoms with Crippen molar-refractivity contribution in [3.8, 4) is 0 Å². The van der Waals surface area contributed by atoms with Gasteiger partial charge in [-0.25, -0.2) is 0 Å². The number of ether oxygens (including phenoxy) is 1. The van der Waals surface area contributed by atoms with Crippen LogP contribution in [0.15, 0.2) is 12.1 Å². The molecule has 0 saturated carbocycles. The number of carbonyl (C=O) groups is 1. The van der Waals surface area contributed by atoms with Crippen molar-refractivity contribution in [2.75, 3.05) is 25.1 Å². The summed E-state index contributed by atoms with van der Waals surface area (Å²) in [5.41, 5.74) is -0.287. The molecule has 1 saturated heterocycles. The highest BCUT2D eigenvalue weighted by atomic mass is 19.4. The van der Waals surface area contributed by atoms with Crippen LogP contribution in [0.4, 0.5) is 30.2 Å². The lowest BCUT2D eigenvalue weighted by Crippen LogP contribution is -2.46. The van der Waals surface area contributed by atoms with Gasteiger partial charge in [0.05, 0.1) is 20.8 Å². The molecular formula is C14H15F3N4O6. The average molecular weight is 392 g/mol. The number of nitrogens with zero attached hydrogens (tertiary/aromatic N) is 2. The molecule has 2 rings (SSSR count). The third-order valence-corrected chi connectivity index (χ3v) is 4.39. The molecule has 13 heteroatoms. The fraction of sp³-hybridized carbons (Fsp3) is 0.500. The van der Waals surface area contributed by atoms with Crippen molar-refractivity contribution in [2.45, 2.75) is 19.0 Å². The summed E-state index contributed by atoms with van der Waals surface area (Å²) < 4.78 is 43.9. The zero-order valence-electron chi connectivity index (χ0n) is 13.7. The Morgan fingerprint density at radius 1 is 1.19 bits per heavy atom. The number of halogens is 3. The van der Waals surface area contributed by atoms with E-state index in [-0.39, 0.29) is 44.7 Å². The summed E-state index contributed by atoms with van der Waals surface area (Å²) in [5.74, 6) is -0.740. The molecule has 0 bridgehead atoms. The van der Waals surface area contributed by atoms with Crippen LogP contribution >= 0.6 is 0 Å². The van der Waals surface area contributed by atoms with Crippen molar-refractivity contribution in [1.29, 1.82) is 0 Å². The average Bonchev–Trinajstić information content (AvgIpc) is 2.58. The Labute approximate surface area is 149 Å². The minimum atomic E-state index is -5.01. The van der Waals surface area contributed by atoms with E-state index in [4.69, 9.17) is 10.5 Å². The van der Waals surface area contributed by atoms with Gasteiger partial charge >= 0.3 is 6.18 Å². The Hall–Kier alpha value is -2.96. The molecular weight excluding hydrogens is 377 g/mol. The van der Waals surface area contributed by atoms with Crippen molar-refractivity contribution in [3.63, 3.8) is 0 Å². The van der Waals surface area contributed by atoms with E-state index >= 15 is 0 Å². The number of carbonyl (C=O) groups excluding carboxylic acids is 1. The molecule has 27 heavy (non-hydrogen) atoms. The largest absolute Gasteiger partial charge is 0.416 e. The summed E-state index contributed by atoms with van der Waals surface area (Å²) in [6.07, 6.45) is -4.68. The first-order valence-corrected chi connectivity index (χ1v) is 7.63. The van der Waals surface area contributed by atoms with Gasteiger partial charge < -0.3 is 15.8 Å². The Morgan fingerprint density at radius 3 is 2.04 bits per heavy atom. The van der Waals surface area contributed by atoms with Gasteiger partial charge in [-0.3, -0.25) is 25.0 Å². The number of nitrogens with two attached hydrogens (primary N) is 1. The van der Waals surface area contributed by atoms with Gasteiger partial charge in [0.25, 0.3) is 11.4 Å². The van der Waals surface area contributed by atoms with Crippen LogP contribution in [0.1, 0.15) is 18.4 Å². The highest BCUT2D eigenvalue weighted by Crippen LogP contribution is 2.42. The topological polar surface area (TPSA) is 151 Å². The summed E-state index contributed by atoms with van der Waals surface area (Å²) in [4.78, 5) is 31.9. The molecule has 0 unspecified atom stereocenters. The molecule has 0 radical (unpaired) electrons. The van der Waals surface area contributed by atoms with Crippen molar-refractivity contribution in [1.82, 2.24) is 0 Å². The van der Waals surface area contributed by atoms with Gasteiger partial charge in [0.1, 0.15) is 0 Å². The molecule has 1 aromatic carbocycles. The fourth-order valence-electron chi connectivity index (χ4n) is 2.77. The number of benzene rings is 1. The molecule has 0 atom stereocenters. The Bertz CT molecular complexity index is 742. The highest BCUT2D eigenvalue weighted by molar-refractivity contribution is 5.82. The molecule has 1 amide bonds. The number of amides is 1. The molecule has 1 heterocycles. The number of primary amides is 1. The van der Waals surface area contributed by atoms with Gasteiger partial charge in [-0.2, -0.15) is 13.2 Å². The van der Waals surface area contributed by atoms with Crippen LogP contribution in [0, 0.1) is 25.6 Å². The summed E-state index contributed by atoms with van der Waals surface area (Å²) in [7, 11) is 0. The molecule has 1 aliphatic heterocycles. The number of nitrogens with one attached hydrogen (secondary N) is 1.